The number of hydrogen-bond donors (Lipinski definition) is 2. The second kappa shape index (κ2) is 8.88. The minimum absolute atomic E-state index is 0.280. The Balaban J connectivity index is 1.42. The van der Waals surface area contributed by atoms with Crippen molar-refractivity contribution in [1.29, 1.82) is 0 Å². The Kier molecular flexibility index (Phi) is 6.57. The molecule has 0 bridgehead atoms. The Hall–Kier alpha value is -1.30. The largest absolute Gasteiger partial charge is 0.355 e. The number of nitrogens with zero attached hydrogens (tertiary/aromatic N) is 3. The first-order chi connectivity index (χ1) is 12.2. The van der Waals surface area contributed by atoms with Crippen LogP contribution < -0.4 is 10.6 Å². The molecule has 2 heterocycles. The van der Waals surface area contributed by atoms with E-state index in [9.17, 15) is 4.79 Å². The number of likely N-dealkylation sites (N-methyl/N-ethyl adjacent to an activating group) is 1. The van der Waals surface area contributed by atoms with Crippen LogP contribution in [0.2, 0.25) is 0 Å². The van der Waals surface area contributed by atoms with Gasteiger partial charge in [-0.3, -0.25) is 9.79 Å². The molecule has 2 atom stereocenters. The number of rotatable bonds is 4. The van der Waals surface area contributed by atoms with E-state index in [1.165, 1.54) is 38.6 Å². The molecule has 3 rings (SSSR count). The molecule has 2 unspecified atom stereocenters. The van der Waals surface area contributed by atoms with E-state index in [1.807, 2.05) is 7.05 Å². The van der Waals surface area contributed by atoms with Gasteiger partial charge in [-0.1, -0.05) is 19.3 Å². The lowest BCUT2D eigenvalue weighted by molar-refractivity contribution is -0.135. The summed E-state index contributed by atoms with van der Waals surface area (Å²) in [5, 5.41) is 6.99. The number of likely N-dealkylation sites (tertiary alicyclic amines) is 2. The monoisotopic (exact) mass is 349 g/mol. The van der Waals surface area contributed by atoms with Crippen molar-refractivity contribution >= 4 is 11.9 Å². The van der Waals surface area contributed by atoms with Crippen LogP contribution in [0.15, 0.2) is 4.99 Å². The predicted molar refractivity (Wildman–Crippen MR) is 102 cm³/mol. The van der Waals surface area contributed by atoms with Gasteiger partial charge in [0, 0.05) is 44.7 Å². The first-order valence-corrected chi connectivity index (χ1v) is 10.1. The minimum atomic E-state index is 0.280. The molecule has 2 N–H and O–H groups in total. The first kappa shape index (κ1) is 18.5. The number of hydrogen-bond acceptors (Lipinski definition) is 3. The molecule has 25 heavy (non-hydrogen) atoms. The first-order valence-electron chi connectivity index (χ1n) is 10.1. The Morgan fingerprint density at radius 2 is 1.88 bits per heavy atom. The van der Waals surface area contributed by atoms with Crippen molar-refractivity contribution in [3.8, 4) is 0 Å². The van der Waals surface area contributed by atoms with E-state index in [1.54, 1.807) is 0 Å². The average molecular weight is 350 g/mol. The molecule has 1 saturated carbocycles. The normalized spacial score (nSPS) is 29.2. The summed E-state index contributed by atoms with van der Waals surface area (Å²) >= 11 is 0. The molecule has 2 saturated heterocycles. The Labute approximate surface area is 152 Å². The fourth-order valence-corrected chi connectivity index (χ4v) is 4.53. The molecular formula is C19H35N5O. The number of carbonyl (C=O) groups excluding carboxylic acids is 1. The summed E-state index contributed by atoms with van der Waals surface area (Å²) in [6.07, 6.45) is 9.48. The van der Waals surface area contributed by atoms with Crippen LogP contribution in [0.3, 0.4) is 0 Å². The maximum Gasteiger partial charge on any atom is 0.225 e. The van der Waals surface area contributed by atoms with Gasteiger partial charge in [-0.25, -0.2) is 0 Å². The molecule has 0 aromatic heterocycles. The highest BCUT2D eigenvalue weighted by Crippen LogP contribution is 2.26. The molecule has 142 valence electrons. The summed E-state index contributed by atoms with van der Waals surface area (Å²) in [5.74, 6) is 1.54. The zero-order valence-electron chi connectivity index (χ0n) is 16.0. The second-order valence-electron chi connectivity index (χ2n) is 7.98. The third-order valence-electron chi connectivity index (χ3n) is 6.20. The number of amides is 1. The molecule has 1 aliphatic carbocycles. The summed E-state index contributed by atoms with van der Waals surface area (Å²) < 4.78 is 0. The number of carbonyl (C=O) groups is 1. The van der Waals surface area contributed by atoms with E-state index >= 15 is 0 Å². The van der Waals surface area contributed by atoms with Gasteiger partial charge in [0.2, 0.25) is 5.91 Å². The summed E-state index contributed by atoms with van der Waals surface area (Å²) in [4.78, 5) is 21.5. The second-order valence-corrected chi connectivity index (χ2v) is 7.98. The van der Waals surface area contributed by atoms with Crippen LogP contribution in [0.1, 0.15) is 51.4 Å². The van der Waals surface area contributed by atoms with E-state index in [-0.39, 0.29) is 5.92 Å². The summed E-state index contributed by atoms with van der Waals surface area (Å²) in [7, 11) is 4.02. The highest BCUT2D eigenvalue weighted by Gasteiger charge is 2.32. The Morgan fingerprint density at radius 1 is 1.08 bits per heavy atom. The number of nitrogens with one attached hydrogen (secondary N) is 2. The molecule has 3 aliphatic rings. The van der Waals surface area contributed by atoms with Gasteiger partial charge in [-0.15, -0.1) is 0 Å². The van der Waals surface area contributed by atoms with Crippen LogP contribution in [0.5, 0.6) is 0 Å². The highest BCUT2D eigenvalue weighted by molar-refractivity contribution is 5.81. The molecule has 1 amide bonds. The van der Waals surface area contributed by atoms with Gasteiger partial charge in [0.1, 0.15) is 0 Å². The lowest BCUT2D eigenvalue weighted by Crippen LogP contribution is -2.48. The maximum absolute atomic E-state index is 12.7. The molecule has 0 aromatic rings. The Bertz CT molecular complexity index is 474. The van der Waals surface area contributed by atoms with Gasteiger partial charge in [0.25, 0.3) is 0 Å². The Morgan fingerprint density at radius 3 is 2.56 bits per heavy atom. The molecule has 0 radical (unpaired) electrons. The van der Waals surface area contributed by atoms with E-state index in [0.29, 0.717) is 18.0 Å². The predicted octanol–water partition coefficient (Wildman–Crippen LogP) is 1.43. The van der Waals surface area contributed by atoms with E-state index < -0.39 is 0 Å². The van der Waals surface area contributed by atoms with Gasteiger partial charge in [0.15, 0.2) is 5.96 Å². The molecule has 0 aromatic carbocycles. The quantitative estimate of drug-likeness (QED) is 0.595. The van der Waals surface area contributed by atoms with Crippen molar-refractivity contribution in [2.24, 2.45) is 10.9 Å². The summed E-state index contributed by atoms with van der Waals surface area (Å²) in [6.45, 7) is 3.83. The van der Waals surface area contributed by atoms with Gasteiger partial charge in [-0.05, 0) is 45.7 Å². The van der Waals surface area contributed by atoms with Crippen LogP contribution in [0.25, 0.3) is 0 Å². The third-order valence-corrected chi connectivity index (χ3v) is 6.20. The van der Waals surface area contributed by atoms with Crippen LogP contribution in [0.4, 0.5) is 0 Å². The van der Waals surface area contributed by atoms with Crippen LogP contribution in [-0.4, -0.2) is 74.0 Å². The SMILES string of the molecule is CN=C(NCC1CCCN1C)NC1CCN(C(=O)C2CCCCC2)C1. The fourth-order valence-electron chi connectivity index (χ4n) is 4.53. The van der Waals surface area contributed by atoms with Crippen molar-refractivity contribution in [3.05, 3.63) is 0 Å². The van der Waals surface area contributed by atoms with Crippen molar-refractivity contribution in [2.75, 3.05) is 40.3 Å². The standard InChI is InChI=1S/C19H35N5O/c1-20-19(21-13-17-9-6-11-23(17)2)22-16-10-12-24(14-16)18(25)15-7-4-3-5-8-15/h15-17H,3-14H2,1-2H3,(H2,20,21,22). The maximum atomic E-state index is 12.7. The topological polar surface area (TPSA) is 60.0 Å². The van der Waals surface area contributed by atoms with Crippen molar-refractivity contribution < 1.29 is 4.79 Å². The van der Waals surface area contributed by atoms with Gasteiger partial charge in [-0.2, -0.15) is 0 Å². The molecule has 2 aliphatic heterocycles. The molecule has 6 nitrogen and oxygen atoms in total. The summed E-state index contributed by atoms with van der Waals surface area (Å²) in [6, 6.07) is 0.923. The molecule has 6 heteroatoms. The van der Waals surface area contributed by atoms with Gasteiger partial charge < -0.3 is 20.4 Å². The fraction of sp³-hybridized carbons (Fsp3) is 0.895. The molecular weight excluding hydrogens is 314 g/mol. The van der Waals surface area contributed by atoms with Crippen molar-refractivity contribution in [1.82, 2.24) is 20.4 Å². The number of guanidine groups is 1. The van der Waals surface area contributed by atoms with E-state index in [4.69, 9.17) is 0 Å². The third kappa shape index (κ3) is 4.87. The van der Waals surface area contributed by atoms with Crippen molar-refractivity contribution in [2.45, 2.75) is 63.5 Å². The lowest BCUT2D eigenvalue weighted by Gasteiger charge is -2.26. The highest BCUT2D eigenvalue weighted by atomic mass is 16.2. The summed E-state index contributed by atoms with van der Waals surface area (Å²) in [5.41, 5.74) is 0. The van der Waals surface area contributed by atoms with Gasteiger partial charge in [0.05, 0.1) is 0 Å². The molecule has 0 spiro atoms. The lowest BCUT2D eigenvalue weighted by atomic mass is 9.88. The van der Waals surface area contributed by atoms with E-state index in [2.05, 4.69) is 32.5 Å². The smallest absolute Gasteiger partial charge is 0.225 e. The van der Waals surface area contributed by atoms with Crippen LogP contribution >= 0.6 is 0 Å². The minimum Gasteiger partial charge on any atom is -0.355 e. The zero-order chi connectivity index (χ0) is 17.6. The average Bonchev–Trinajstić information content (AvgIpc) is 3.27. The van der Waals surface area contributed by atoms with Crippen LogP contribution in [0, 0.1) is 5.92 Å². The molecule has 3 fully saturated rings. The van der Waals surface area contributed by atoms with E-state index in [0.717, 1.165) is 44.9 Å². The van der Waals surface area contributed by atoms with Gasteiger partial charge >= 0.3 is 0 Å². The van der Waals surface area contributed by atoms with Crippen molar-refractivity contribution in [3.63, 3.8) is 0 Å². The zero-order valence-corrected chi connectivity index (χ0v) is 16.0. The number of aliphatic imine (C=N–C) groups is 1. The van der Waals surface area contributed by atoms with Crippen LogP contribution in [-0.2, 0) is 4.79 Å².